The molecule has 4 nitrogen and oxygen atoms in total. The van der Waals surface area contributed by atoms with Gasteiger partial charge in [0.05, 0.1) is 0 Å². The molecule has 0 radical (unpaired) electrons. The summed E-state index contributed by atoms with van der Waals surface area (Å²) < 4.78 is 5.22. The minimum Gasteiger partial charge on any atom is -0.484 e. The molecule has 0 heterocycles. The van der Waals surface area contributed by atoms with Crippen LogP contribution in [0.4, 0.5) is 0 Å². The van der Waals surface area contributed by atoms with Crippen LogP contribution in [-0.4, -0.2) is 19.1 Å². The van der Waals surface area contributed by atoms with Crippen molar-refractivity contribution in [1.82, 2.24) is 5.32 Å². The molecule has 110 valence electrons. The maximum absolute atomic E-state index is 10.6. The largest absolute Gasteiger partial charge is 0.484 e. The lowest BCUT2D eigenvalue weighted by Gasteiger charge is -2.10. The van der Waals surface area contributed by atoms with Crippen molar-refractivity contribution in [1.29, 1.82) is 0 Å². The van der Waals surface area contributed by atoms with Crippen molar-refractivity contribution in [3.8, 4) is 5.75 Å². The second kappa shape index (κ2) is 7.90. The van der Waals surface area contributed by atoms with Crippen molar-refractivity contribution < 1.29 is 9.53 Å². The summed E-state index contributed by atoms with van der Waals surface area (Å²) in [6.45, 7) is 1.90. The molecule has 1 saturated carbocycles. The zero-order chi connectivity index (χ0) is 14.2. The third-order valence-electron chi connectivity index (χ3n) is 3.84. The molecule has 0 atom stereocenters. The van der Waals surface area contributed by atoms with Crippen molar-refractivity contribution >= 4 is 5.91 Å². The molecule has 0 aromatic heterocycles. The van der Waals surface area contributed by atoms with Crippen LogP contribution >= 0.6 is 0 Å². The second-order valence-electron chi connectivity index (χ2n) is 5.51. The number of carbonyl (C=O) groups excluding carboxylic acids is 1. The van der Waals surface area contributed by atoms with Crippen LogP contribution < -0.4 is 15.8 Å². The van der Waals surface area contributed by atoms with Crippen LogP contribution in [0.3, 0.4) is 0 Å². The smallest absolute Gasteiger partial charge is 0.255 e. The lowest BCUT2D eigenvalue weighted by atomic mass is 10.0. The molecule has 2 rings (SSSR count). The van der Waals surface area contributed by atoms with Gasteiger partial charge in [-0.05, 0) is 36.6 Å². The standard InChI is InChI=1S/C16H24N2O2/c17-16(19)12-20-15-7-5-14(6-8-15)11-18-10-9-13-3-1-2-4-13/h5-8,13,18H,1-4,9-12H2,(H2,17,19). The average Bonchev–Trinajstić information content (AvgIpc) is 2.96. The molecule has 0 aliphatic heterocycles. The zero-order valence-electron chi connectivity index (χ0n) is 11.9. The number of hydrogen-bond acceptors (Lipinski definition) is 3. The van der Waals surface area contributed by atoms with E-state index in [0.717, 1.165) is 19.0 Å². The number of primary amides is 1. The fraction of sp³-hybridized carbons (Fsp3) is 0.562. The molecule has 0 saturated heterocycles. The van der Waals surface area contributed by atoms with E-state index in [1.54, 1.807) is 0 Å². The number of benzene rings is 1. The Morgan fingerprint density at radius 1 is 1.25 bits per heavy atom. The van der Waals surface area contributed by atoms with Crippen molar-refractivity contribution in [2.75, 3.05) is 13.2 Å². The normalized spacial score (nSPS) is 15.4. The molecule has 1 aliphatic rings. The molecule has 0 spiro atoms. The third-order valence-corrected chi connectivity index (χ3v) is 3.84. The highest BCUT2D eigenvalue weighted by molar-refractivity contribution is 5.75. The summed E-state index contributed by atoms with van der Waals surface area (Å²) in [6, 6.07) is 7.77. The topological polar surface area (TPSA) is 64.4 Å². The van der Waals surface area contributed by atoms with Gasteiger partial charge in [0, 0.05) is 6.54 Å². The van der Waals surface area contributed by atoms with E-state index in [4.69, 9.17) is 10.5 Å². The SMILES string of the molecule is NC(=O)COc1ccc(CNCCC2CCCC2)cc1. The summed E-state index contributed by atoms with van der Waals surface area (Å²) in [4.78, 5) is 10.6. The minimum atomic E-state index is -0.456. The number of carbonyl (C=O) groups is 1. The first-order valence-electron chi connectivity index (χ1n) is 7.45. The fourth-order valence-corrected chi connectivity index (χ4v) is 2.70. The number of rotatable bonds is 8. The van der Waals surface area contributed by atoms with Crippen LogP contribution in [-0.2, 0) is 11.3 Å². The first-order chi connectivity index (χ1) is 9.74. The predicted molar refractivity (Wildman–Crippen MR) is 79.4 cm³/mol. The Labute approximate surface area is 120 Å². The van der Waals surface area contributed by atoms with Gasteiger partial charge in [-0.15, -0.1) is 0 Å². The number of ether oxygens (including phenoxy) is 1. The van der Waals surface area contributed by atoms with Gasteiger partial charge >= 0.3 is 0 Å². The molecule has 4 heteroatoms. The van der Waals surface area contributed by atoms with E-state index in [1.807, 2.05) is 24.3 Å². The van der Waals surface area contributed by atoms with E-state index in [9.17, 15) is 4.79 Å². The highest BCUT2D eigenvalue weighted by Gasteiger charge is 2.13. The number of nitrogens with two attached hydrogens (primary N) is 1. The molecule has 1 aromatic carbocycles. The first-order valence-corrected chi connectivity index (χ1v) is 7.45. The fourth-order valence-electron chi connectivity index (χ4n) is 2.70. The van der Waals surface area contributed by atoms with E-state index in [-0.39, 0.29) is 6.61 Å². The van der Waals surface area contributed by atoms with Crippen molar-refractivity contribution in [3.05, 3.63) is 29.8 Å². The Morgan fingerprint density at radius 2 is 1.95 bits per heavy atom. The minimum absolute atomic E-state index is 0.0705. The summed E-state index contributed by atoms with van der Waals surface area (Å²) in [5.41, 5.74) is 6.25. The van der Waals surface area contributed by atoms with Crippen molar-refractivity contribution in [3.63, 3.8) is 0 Å². The molecule has 20 heavy (non-hydrogen) atoms. The second-order valence-corrected chi connectivity index (χ2v) is 5.51. The van der Waals surface area contributed by atoms with Gasteiger partial charge in [0.15, 0.2) is 6.61 Å². The van der Waals surface area contributed by atoms with Crippen LogP contribution in [0.1, 0.15) is 37.7 Å². The van der Waals surface area contributed by atoms with Gasteiger partial charge in [0.2, 0.25) is 0 Å². The monoisotopic (exact) mass is 276 g/mol. The van der Waals surface area contributed by atoms with Gasteiger partial charge in [-0.2, -0.15) is 0 Å². The van der Waals surface area contributed by atoms with Crippen molar-refractivity contribution in [2.45, 2.75) is 38.6 Å². The van der Waals surface area contributed by atoms with Crippen molar-refractivity contribution in [2.24, 2.45) is 11.7 Å². The molecular formula is C16H24N2O2. The van der Waals surface area contributed by atoms with Crippen LogP contribution in [0.15, 0.2) is 24.3 Å². The van der Waals surface area contributed by atoms with Gasteiger partial charge in [0.1, 0.15) is 5.75 Å². The van der Waals surface area contributed by atoms with E-state index in [1.165, 1.54) is 37.7 Å². The maximum atomic E-state index is 10.6. The lowest BCUT2D eigenvalue weighted by Crippen LogP contribution is -2.20. The van der Waals surface area contributed by atoms with Gasteiger partial charge in [-0.1, -0.05) is 37.8 Å². The Morgan fingerprint density at radius 3 is 2.60 bits per heavy atom. The summed E-state index contributed by atoms with van der Waals surface area (Å²) in [6.07, 6.45) is 6.94. The average molecular weight is 276 g/mol. The van der Waals surface area contributed by atoms with E-state index >= 15 is 0 Å². The van der Waals surface area contributed by atoms with E-state index in [2.05, 4.69) is 5.32 Å². The lowest BCUT2D eigenvalue weighted by molar-refractivity contribution is -0.119. The Balaban J connectivity index is 1.64. The maximum Gasteiger partial charge on any atom is 0.255 e. The summed E-state index contributed by atoms with van der Waals surface area (Å²) in [5.74, 6) is 1.16. The van der Waals surface area contributed by atoms with E-state index < -0.39 is 5.91 Å². The van der Waals surface area contributed by atoms with Crippen LogP contribution in [0, 0.1) is 5.92 Å². The molecule has 0 unspecified atom stereocenters. The van der Waals surface area contributed by atoms with Gasteiger partial charge in [0.25, 0.3) is 5.91 Å². The third kappa shape index (κ3) is 5.21. The zero-order valence-corrected chi connectivity index (χ0v) is 11.9. The quantitative estimate of drug-likeness (QED) is 0.716. The molecule has 3 N–H and O–H groups in total. The van der Waals surface area contributed by atoms with Crippen LogP contribution in [0.5, 0.6) is 5.75 Å². The number of nitrogens with one attached hydrogen (secondary N) is 1. The Hall–Kier alpha value is -1.55. The van der Waals surface area contributed by atoms with E-state index in [0.29, 0.717) is 5.75 Å². The molecule has 1 fully saturated rings. The molecule has 1 aromatic rings. The highest BCUT2D eigenvalue weighted by Crippen LogP contribution is 2.26. The molecule has 1 aliphatic carbocycles. The Kier molecular flexibility index (Phi) is 5.87. The van der Waals surface area contributed by atoms with Gasteiger partial charge < -0.3 is 15.8 Å². The van der Waals surface area contributed by atoms with Crippen LogP contribution in [0.25, 0.3) is 0 Å². The van der Waals surface area contributed by atoms with Gasteiger partial charge in [-0.25, -0.2) is 0 Å². The van der Waals surface area contributed by atoms with Gasteiger partial charge in [-0.3, -0.25) is 4.79 Å². The molecular weight excluding hydrogens is 252 g/mol. The Bertz CT molecular complexity index is 411. The predicted octanol–water partition coefficient (Wildman–Crippen LogP) is 2.22. The number of amides is 1. The van der Waals surface area contributed by atoms with Crippen LogP contribution in [0.2, 0.25) is 0 Å². The highest BCUT2D eigenvalue weighted by atomic mass is 16.5. The summed E-state index contributed by atoms with van der Waals surface area (Å²) in [5, 5.41) is 3.48. The molecule has 1 amide bonds. The summed E-state index contributed by atoms with van der Waals surface area (Å²) >= 11 is 0. The summed E-state index contributed by atoms with van der Waals surface area (Å²) in [7, 11) is 0. The molecule has 0 bridgehead atoms. The first kappa shape index (κ1) is 14.9. The number of hydrogen-bond donors (Lipinski definition) is 2.